The lowest BCUT2D eigenvalue weighted by Crippen LogP contribution is -2.16. The third kappa shape index (κ3) is 4.06. The van der Waals surface area contributed by atoms with E-state index in [1.807, 2.05) is 13.8 Å². The van der Waals surface area contributed by atoms with Crippen molar-refractivity contribution in [2.45, 2.75) is 20.4 Å². The number of hydrogen-bond donors (Lipinski definition) is 1. The first-order valence-corrected chi connectivity index (χ1v) is 6.47. The van der Waals surface area contributed by atoms with Crippen molar-refractivity contribution < 1.29 is 18.8 Å². The Morgan fingerprint density at radius 2 is 2.24 bits per heavy atom. The number of rotatable bonds is 6. The number of ether oxygens (including phenoxy) is 2. The van der Waals surface area contributed by atoms with E-state index in [-0.39, 0.29) is 6.61 Å². The molecule has 0 atom stereocenters. The number of amides is 1. The summed E-state index contributed by atoms with van der Waals surface area (Å²) in [6.45, 7) is 4.82. The summed E-state index contributed by atoms with van der Waals surface area (Å²) in [7, 11) is 1.54. The SMILES string of the molecule is COCCOC(=O)Nc1cnn(Cc2c(C)noc2C)c1. The van der Waals surface area contributed by atoms with Crippen molar-refractivity contribution in [2.75, 3.05) is 25.6 Å². The number of nitrogens with one attached hydrogen (secondary N) is 1. The van der Waals surface area contributed by atoms with Gasteiger partial charge in [-0.05, 0) is 13.8 Å². The minimum Gasteiger partial charge on any atom is -0.447 e. The van der Waals surface area contributed by atoms with E-state index >= 15 is 0 Å². The summed E-state index contributed by atoms with van der Waals surface area (Å²) >= 11 is 0. The number of nitrogens with zero attached hydrogens (tertiary/aromatic N) is 3. The molecular weight excluding hydrogens is 276 g/mol. The standard InChI is InChI=1S/C13H18N4O4/c1-9-12(10(2)21-16-9)8-17-7-11(6-14-17)15-13(18)20-5-4-19-3/h6-7H,4-5,8H2,1-3H3,(H,15,18). The zero-order valence-electron chi connectivity index (χ0n) is 12.3. The largest absolute Gasteiger partial charge is 0.447 e. The third-order valence-corrected chi connectivity index (χ3v) is 2.90. The van der Waals surface area contributed by atoms with Crippen LogP contribution in [0.3, 0.4) is 0 Å². The second-order valence-electron chi connectivity index (χ2n) is 4.48. The molecule has 0 saturated carbocycles. The monoisotopic (exact) mass is 294 g/mol. The number of carbonyl (C=O) groups excluding carboxylic acids is 1. The Balaban J connectivity index is 1.91. The average Bonchev–Trinajstić information content (AvgIpc) is 3.01. The van der Waals surface area contributed by atoms with Crippen LogP contribution in [0.25, 0.3) is 0 Å². The van der Waals surface area contributed by atoms with Crippen LogP contribution < -0.4 is 5.32 Å². The molecule has 0 aliphatic heterocycles. The topological polar surface area (TPSA) is 91.4 Å². The maximum atomic E-state index is 11.5. The fraction of sp³-hybridized carbons (Fsp3) is 0.462. The Bertz CT molecular complexity index is 586. The molecule has 21 heavy (non-hydrogen) atoms. The summed E-state index contributed by atoms with van der Waals surface area (Å²) < 4.78 is 16.5. The highest BCUT2D eigenvalue weighted by Crippen LogP contribution is 2.15. The van der Waals surface area contributed by atoms with Gasteiger partial charge < -0.3 is 14.0 Å². The molecule has 0 spiro atoms. The lowest BCUT2D eigenvalue weighted by molar-refractivity contribution is 0.107. The quantitative estimate of drug-likeness (QED) is 0.816. The summed E-state index contributed by atoms with van der Waals surface area (Å²) in [5, 5.41) is 10.7. The predicted molar refractivity (Wildman–Crippen MR) is 74.2 cm³/mol. The highest BCUT2D eigenvalue weighted by molar-refractivity contribution is 5.84. The normalized spacial score (nSPS) is 10.6. The predicted octanol–water partition coefficient (Wildman–Crippen LogP) is 1.73. The van der Waals surface area contributed by atoms with E-state index in [0.717, 1.165) is 17.0 Å². The molecule has 8 nitrogen and oxygen atoms in total. The second-order valence-corrected chi connectivity index (χ2v) is 4.48. The highest BCUT2D eigenvalue weighted by Gasteiger charge is 2.11. The van der Waals surface area contributed by atoms with Crippen molar-refractivity contribution in [1.82, 2.24) is 14.9 Å². The van der Waals surface area contributed by atoms with Gasteiger partial charge in [0.15, 0.2) is 0 Å². The van der Waals surface area contributed by atoms with Crippen LogP contribution >= 0.6 is 0 Å². The molecule has 2 heterocycles. The molecule has 0 aliphatic carbocycles. The number of anilines is 1. The molecule has 0 radical (unpaired) electrons. The number of methoxy groups -OCH3 is 1. The zero-order valence-corrected chi connectivity index (χ0v) is 12.3. The minimum absolute atomic E-state index is 0.204. The number of aryl methyl sites for hydroxylation is 2. The smallest absolute Gasteiger partial charge is 0.411 e. The van der Waals surface area contributed by atoms with Crippen LogP contribution in [-0.2, 0) is 16.0 Å². The number of hydrogen-bond acceptors (Lipinski definition) is 6. The van der Waals surface area contributed by atoms with Gasteiger partial charge in [-0.3, -0.25) is 10.00 Å². The van der Waals surface area contributed by atoms with Gasteiger partial charge in [0.05, 0.1) is 30.7 Å². The molecule has 114 valence electrons. The lowest BCUT2D eigenvalue weighted by Gasteiger charge is -2.04. The van der Waals surface area contributed by atoms with Gasteiger partial charge in [-0.1, -0.05) is 5.16 Å². The Morgan fingerprint density at radius 1 is 1.43 bits per heavy atom. The molecule has 2 aromatic heterocycles. The summed E-state index contributed by atoms with van der Waals surface area (Å²) in [5.41, 5.74) is 2.37. The fourth-order valence-electron chi connectivity index (χ4n) is 1.78. The van der Waals surface area contributed by atoms with Crippen molar-refractivity contribution in [3.05, 3.63) is 29.4 Å². The van der Waals surface area contributed by atoms with E-state index in [0.29, 0.717) is 18.8 Å². The maximum Gasteiger partial charge on any atom is 0.411 e. The van der Waals surface area contributed by atoms with E-state index in [1.54, 1.807) is 24.2 Å². The summed E-state index contributed by atoms with van der Waals surface area (Å²) in [6.07, 6.45) is 2.73. The average molecular weight is 294 g/mol. The van der Waals surface area contributed by atoms with Gasteiger partial charge in [-0.15, -0.1) is 0 Å². The molecule has 1 N–H and O–H groups in total. The van der Waals surface area contributed by atoms with Crippen LogP contribution in [0, 0.1) is 13.8 Å². The van der Waals surface area contributed by atoms with Crippen LogP contribution in [0.1, 0.15) is 17.0 Å². The molecule has 2 aromatic rings. The van der Waals surface area contributed by atoms with Crippen molar-refractivity contribution in [2.24, 2.45) is 0 Å². The second kappa shape index (κ2) is 6.89. The molecule has 1 amide bonds. The minimum atomic E-state index is -0.538. The van der Waals surface area contributed by atoms with Crippen molar-refractivity contribution in [3.8, 4) is 0 Å². The summed E-state index contributed by atoms with van der Waals surface area (Å²) in [5.74, 6) is 0.761. The molecule has 0 saturated heterocycles. The van der Waals surface area contributed by atoms with Gasteiger partial charge in [-0.25, -0.2) is 4.79 Å². The Kier molecular flexibility index (Phi) is 4.94. The first kappa shape index (κ1) is 15.0. The summed E-state index contributed by atoms with van der Waals surface area (Å²) in [6, 6.07) is 0. The van der Waals surface area contributed by atoms with Crippen LogP contribution in [-0.4, -0.2) is 41.4 Å². The van der Waals surface area contributed by atoms with Gasteiger partial charge in [0.25, 0.3) is 0 Å². The van der Waals surface area contributed by atoms with Crippen LogP contribution in [0.4, 0.5) is 10.5 Å². The Labute approximate surface area is 122 Å². The van der Waals surface area contributed by atoms with Crippen LogP contribution in [0.15, 0.2) is 16.9 Å². The van der Waals surface area contributed by atoms with Crippen molar-refractivity contribution in [1.29, 1.82) is 0 Å². The maximum absolute atomic E-state index is 11.5. The van der Waals surface area contributed by atoms with E-state index in [2.05, 4.69) is 15.6 Å². The van der Waals surface area contributed by atoms with Crippen molar-refractivity contribution in [3.63, 3.8) is 0 Å². The van der Waals surface area contributed by atoms with Gasteiger partial charge in [0, 0.05) is 18.9 Å². The van der Waals surface area contributed by atoms with E-state index < -0.39 is 6.09 Å². The van der Waals surface area contributed by atoms with Gasteiger partial charge in [0.1, 0.15) is 12.4 Å². The van der Waals surface area contributed by atoms with Gasteiger partial charge >= 0.3 is 6.09 Å². The van der Waals surface area contributed by atoms with Crippen LogP contribution in [0.5, 0.6) is 0 Å². The van der Waals surface area contributed by atoms with E-state index in [1.165, 1.54) is 0 Å². The zero-order chi connectivity index (χ0) is 15.2. The number of aromatic nitrogens is 3. The van der Waals surface area contributed by atoms with Crippen LogP contribution in [0.2, 0.25) is 0 Å². The molecule has 0 unspecified atom stereocenters. The molecular formula is C13H18N4O4. The van der Waals surface area contributed by atoms with E-state index in [4.69, 9.17) is 14.0 Å². The molecule has 0 aromatic carbocycles. The third-order valence-electron chi connectivity index (χ3n) is 2.90. The van der Waals surface area contributed by atoms with Gasteiger partial charge in [-0.2, -0.15) is 5.10 Å². The highest BCUT2D eigenvalue weighted by atomic mass is 16.6. The van der Waals surface area contributed by atoms with E-state index in [9.17, 15) is 4.79 Å². The fourth-order valence-corrected chi connectivity index (χ4v) is 1.78. The molecule has 0 bridgehead atoms. The first-order chi connectivity index (χ1) is 10.1. The molecule has 2 rings (SSSR count). The summed E-state index contributed by atoms with van der Waals surface area (Å²) in [4.78, 5) is 11.5. The molecule has 8 heteroatoms. The van der Waals surface area contributed by atoms with Gasteiger partial charge in [0.2, 0.25) is 0 Å². The molecule has 0 fully saturated rings. The lowest BCUT2D eigenvalue weighted by atomic mass is 10.2. The molecule has 0 aliphatic rings. The Hall–Kier alpha value is -2.35. The number of carbonyl (C=O) groups is 1. The first-order valence-electron chi connectivity index (χ1n) is 6.47. The van der Waals surface area contributed by atoms with Crippen molar-refractivity contribution >= 4 is 11.8 Å². The Morgan fingerprint density at radius 3 is 2.90 bits per heavy atom.